The largest absolute Gasteiger partial charge is 0.507 e. The summed E-state index contributed by atoms with van der Waals surface area (Å²) in [4.78, 5) is 28.4. The zero-order valence-electron chi connectivity index (χ0n) is 22.6. The van der Waals surface area contributed by atoms with Crippen molar-refractivity contribution in [3.05, 3.63) is 150 Å². The Labute approximate surface area is 237 Å². The zero-order chi connectivity index (χ0) is 28.7. The molecule has 40 heavy (non-hydrogen) atoms. The van der Waals surface area contributed by atoms with Crippen LogP contribution >= 0.6 is 11.6 Å². The van der Waals surface area contributed by atoms with E-state index in [0.717, 1.165) is 11.1 Å². The third-order valence-electron chi connectivity index (χ3n) is 7.18. The van der Waals surface area contributed by atoms with E-state index in [1.807, 2.05) is 62.4 Å². The van der Waals surface area contributed by atoms with Crippen LogP contribution in [-0.4, -0.2) is 19.3 Å². The van der Waals surface area contributed by atoms with E-state index >= 15 is 0 Å². The van der Waals surface area contributed by atoms with Crippen LogP contribution in [0.3, 0.4) is 0 Å². The van der Waals surface area contributed by atoms with Gasteiger partial charge in [0.05, 0.1) is 17.0 Å². The van der Waals surface area contributed by atoms with Gasteiger partial charge in [-0.15, -0.1) is 0 Å². The van der Waals surface area contributed by atoms with Crippen LogP contribution in [0.1, 0.15) is 45.1 Å². The average molecular weight is 553 g/mol. The Kier molecular flexibility index (Phi) is 7.13. The molecule has 202 valence electrons. The Hall–Kier alpha value is -4.55. The second-order valence-corrected chi connectivity index (χ2v) is 10.5. The first-order chi connectivity index (χ1) is 19.1. The van der Waals surface area contributed by atoms with E-state index in [-0.39, 0.29) is 22.6 Å². The van der Waals surface area contributed by atoms with Gasteiger partial charge in [-0.2, -0.15) is 0 Å². The van der Waals surface area contributed by atoms with Gasteiger partial charge in [-0.3, -0.25) is 18.7 Å². The van der Waals surface area contributed by atoms with E-state index in [2.05, 4.69) is 0 Å². The number of halogens is 1. The summed E-state index contributed by atoms with van der Waals surface area (Å²) in [5, 5.41) is 23.0. The molecule has 7 heteroatoms. The fraction of sp³-hybridized carbons (Fsp3) is 0.152. The maximum atomic E-state index is 14.2. The Balaban J connectivity index is 1.86. The molecule has 0 fully saturated rings. The van der Waals surface area contributed by atoms with Crippen LogP contribution in [0.15, 0.2) is 94.5 Å². The molecule has 5 rings (SSSR count). The topological polar surface area (TPSA) is 84.5 Å². The molecule has 5 aromatic rings. The van der Waals surface area contributed by atoms with Gasteiger partial charge < -0.3 is 10.2 Å². The van der Waals surface area contributed by atoms with Crippen LogP contribution in [0, 0.1) is 27.7 Å². The highest BCUT2D eigenvalue weighted by atomic mass is 35.5. The van der Waals surface area contributed by atoms with Crippen LogP contribution in [0.25, 0.3) is 11.4 Å². The van der Waals surface area contributed by atoms with E-state index in [9.17, 15) is 19.8 Å². The molecule has 0 radical (unpaired) electrons. The molecule has 2 N–H and O–H groups in total. The van der Waals surface area contributed by atoms with Gasteiger partial charge in [-0.25, -0.2) is 0 Å². The van der Waals surface area contributed by atoms with Crippen molar-refractivity contribution in [2.75, 3.05) is 0 Å². The summed E-state index contributed by atoms with van der Waals surface area (Å²) in [6.07, 6.45) is 0. The molecule has 6 nitrogen and oxygen atoms in total. The lowest BCUT2D eigenvalue weighted by molar-refractivity contribution is 0.453. The highest BCUT2D eigenvalue weighted by Gasteiger charge is 2.31. The molecule has 2 heterocycles. The van der Waals surface area contributed by atoms with Crippen LogP contribution < -0.4 is 11.1 Å². The molecule has 2 aromatic heterocycles. The first-order valence-electron chi connectivity index (χ1n) is 12.9. The standard InChI is InChI=1S/C33H29ClN2O4/c1-19-5-13-25(14-6-19)35-21(3)17-27(37)30(32(35)39)29(23-9-11-24(34)12-10-23)31-28(38)18-22(4)36(33(31)40)26-15-7-20(2)8-16-26/h5-18,29,37-38H,1-4H3. The first kappa shape index (κ1) is 27.0. The normalized spacial score (nSPS) is 11.2. The molecule has 0 unspecified atom stereocenters. The summed E-state index contributed by atoms with van der Waals surface area (Å²) in [6, 6.07) is 24.6. The summed E-state index contributed by atoms with van der Waals surface area (Å²) in [6.45, 7) is 7.38. The third kappa shape index (κ3) is 4.82. The Morgan fingerprint density at radius 3 is 1.35 bits per heavy atom. The fourth-order valence-corrected chi connectivity index (χ4v) is 5.29. The molecular weight excluding hydrogens is 524 g/mol. The minimum Gasteiger partial charge on any atom is -0.507 e. The lowest BCUT2D eigenvalue weighted by atomic mass is 9.84. The molecule has 0 aliphatic rings. The number of rotatable bonds is 5. The molecule has 0 spiro atoms. The van der Waals surface area contributed by atoms with Crippen molar-refractivity contribution in [1.82, 2.24) is 9.13 Å². The van der Waals surface area contributed by atoms with Crippen molar-refractivity contribution in [3.8, 4) is 22.9 Å². The van der Waals surface area contributed by atoms with Gasteiger partial charge in [-0.1, -0.05) is 59.1 Å². The number of aromatic nitrogens is 2. The quantitative estimate of drug-likeness (QED) is 0.262. The molecule has 3 aromatic carbocycles. The highest BCUT2D eigenvalue weighted by Crippen LogP contribution is 2.38. The van der Waals surface area contributed by atoms with Crippen molar-refractivity contribution in [1.29, 1.82) is 0 Å². The molecule has 0 aliphatic carbocycles. The summed E-state index contributed by atoms with van der Waals surface area (Å²) >= 11 is 6.18. The van der Waals surface area contributed by atoms with Gasteiger partial charge in [0.15, 0.2) is 0 Å². The van der Waals surface area contributed by atoms with Crippen LogP contribution in [0.5, 0.6) is 11.5 Å². The molecule has 0 aliphatic heterocycles. The van der Waals surface area contributed by atoms with Crippen molar-refractivity contribution in [2.24, 2.45) is 0 Å². The second-order valence-electron chi connectivity index (χ2n) is 10.1. The predicted molar refractivity (Wildman–Crippen MR) is 159 cm³/mol. The highest BCUT2D eigenvalue weighted by molar-refractivity contribution is 6.30. The number of aromatic hydroxyl groups is 2. The zero-order valence-corrected chi connectivity index (χ0v) is 23.4. The van der Waals surface area contributed by atoms with Crippen LogP contribution in [-0.2, 0) is 0 Å². The summed E-state index contributed by atoms with van der Waals surface area (Å²) in [5.74, 6) is -1.63. The minimum absolute atomic E-state index is 0.0276. The molecule has 0 bridgehead atoms. The first-order valence-corrected chi connectivity index (χ1v) is 13.2. The van der Waals surface area contributed by atoms with Gasteiger partial charge in [0.25, 0.3) is 11.1 Å². The smallest absolute Gasteiger partial charge is 0.263 e. The van der Waals surface area contributed by atoms with Gasteiger partial charge in [0.1, 0.15) is 11.5 Å². The van der Waals surface area contributed by atoms with Crippen molar-refractivity contribution < 1.29 is 10.2 Å². The lowest BCUT2D eigenvalue weighted by Crippen LogP contribution is -2.31. The van der Waals surface area contributed by atoms with Crippen molar-refractivity contribution >= 4 is 11.6 Å². The third-order valence-corrected chi connectivity index (χ3v) is 7.43. The SMILES string of the molecule is Cc1ccc(-n2c(C)cc(O)c(C(c3ccc(Cl)cc3)c3c(O)cc(C)n(-c4ccc(C)cc4)c3=O)c2=O)cc1. The van der Waals surface area contributed by atoms with E-state index in [1.54, 1.807) is 38.1 Å². The maximum Gasteiger partial charge on any atom is 0.263 e. The second kappa shape index (κ2) is 10.5. The van der Waals surface area contributed by atoms with Crippen molar-refractivity contribution in [2.45, 2.75) is 33.6 Å². The Morgan fingerprint density at radius 2 is 0.975 bits per heavy atom. The van der Waals surface area contributed by atoms with E-state index in [1.165, 1.54) is 21.3 Å². The molecule has 0 saturated heterocycles. The van der Waals surface area contributed by atoms with Gasteiger partial charge in [-0.05, 0) is 69.7 Å². The molecule has 0 amide bonds. The molecule has 0 saturated carbocycles. The van der Waals surface area contributed by atoms with E-state index in [4.69, 9.17) is 11.6 Å². The van der Waals surface area contributed by atoms with E-state index < -0.39 is 17.0 Å². The van der Waals surface area contributed by atoms with Gasteiger partial charge in [0, 0.05) is 39.9 Å². The fourth-order valence-electron chi connectivity index (χ4n) is 5.17. The summed E-state index contributed by atoms with van der Waals surface area (Å²) < 4.78 is 3.00. The Bertz CT molecular complexity index is 1720. The minimum atomic E-state index is -1.09. The van der Waals surface area contributed by atoms with E-state index in [0.29, 0.717) is 33.3 Å². The number of nitrogens with zero attached hydrogens (tertiary/aromatic N) is 2. The molecule has 0 atom stereocenters. The van der Waals surface area contributed by atoms with Gasteiger partial charge >= 0.3 is 0 Å². The van der Waals surface area contributed by atoms with Gasteiger partial charge in [0.2, 0.25) is 0 Å². The number of aryl methyl sites for hydroxylation is 4. The maximum absolute atomic E-state index is 14.2. The average Bonchev–Trinajstić information content (AvgIpc) is 2.90. The summed E-state index contributed by atoms with van der Waals surface area (Å²) in [7, 11) is 0. The monoisotopic (exact) mass is 552 g/mol. The van der Waals surface area contributed by atoms with Crippen molar-refractivity contribution in [3.63, 3.8) is 0 Å². The molecular formula is C33H29ClN2O4. The van der Waals surface area contributed by atoms with Crippen LogP contribution in [0.2, 0.25) is 5.02 Å². The number of hydrogen-bond acceptors (Lipinski definition) is 4. The predicted octanol–water partition coefficient (Wildman–Crippen LogP) is 6.47. The van der Waals surface area contributed by atoms with Crippen LogP contribution in [0.4, 0.5) is 0 Å². The summed E-state index contributed by atoms with van der Waals surface area (Å²) in [5.41, 5.74) is 3.82. The number of benzene rings is 3. The lowest BCUT2D eigenvalue weighted by Gasteiger charge is -2.23. The number of hydrogen-bond donors (Lipinski definition) is 2. The Morgan fingerprint density at radius 1 is 0.600 bits per heavy atom. The number of pyridine rings is 2.